The lowest BCUT2D eigenvalue weighted by Crippen LogP contribution is -2.09. The summed E-state index contributed by atoms with van der Waals surface area (Å²) < 4.78 is 27.9. The van der Waals surface area contributed by atoms with Crippen LogP contribution in [-0.2, 0) is 4.79 Å². The summed E-state index contributed by atoms with van der Waals surface area (Å²) in [5.74, 6) is -1.49. The minimum Gasteiger partial charge on any atom is -0.306 e. The molecule has 0 aliphatic heterocycles. The Labute approximate surface area is 137 Å². The molecule has 3 rings (SSSR count). The second-order valence-electron chi connectivity index (χ2n) is 4.97. The van der Waals surface area contributed by atoms with Crippen LogP contribution in [0.15, 0.2) is 66.9 Å². The summed E-state index contributed by atoms with van der Waals surface area (Å²) in [6.07, 6.45) is 4.53. The van der Waals surface area contributed by atoms with Crippen molar-refractivity contribution in [3.05, 3.63) is 84.1 Å². The molecular formula is C18H13F2N3O. The average Bonchev–Trinajstić information content (AvgIpc) is 3.02. The number of nitrogens with zero attached hydrogens (tertiary/aromatic N) is 2. The van der Waals surface area contributed by atoms with Crippen molar-refractivity contribution in [2.24, 2.45) is 0 Å². The number of rotatable bonds is 4. The fourth-order valence-corrected chi connectivity index (χ4v) is 2.10. The third-order valence-corrected chi connectivity index (χ3v) is 3.22. The molecule has 0 radical (unpaired) electrons. The zero-order chi connectivity index (χ0) is 16.9. The second-order valence-corrected chi connectivity index (χ2v) is 4.97. The molecule has 0 unspecified atom stereocenters. The highest BCUT2D eigenvalue weighted by molar-refractivity contribution is 6.01. The minimum atomic E-state index is -0.736. The predicted molar refractivity (Wildman–Crippen MR) is 87.6 cm³/mol. The van der Waals surface area contributed by atoms with E-state index >= 15 is 0 Å². The van der Waals surface area contributed by atoms with Crippen molar-refractivity contribution in [1.82, 2.24) is 9.78 Å². The van der Waals surface area contributed by atoms with Crippen molar-refractivity contribution < 1.29 is 13.6 Å². The van der Waals surface area contributed by atoms with Crippen molar-refractivity contribution in [2.75, 3.05) is 5.32 Å². The van der Waals surface area contributed by atoms with Crippen LogP contribution in [-0.4, -0.2) is 15.7 Å². The van der Waals surface area contributed by atoms with E-state index in [1.54, 1.807) is 6.08 Å². The van der Waals surface area contributed by atoms with Crippen LogP contribution in [0.3, 0.4) is 0 Å². The van der Waals surface area contributed by atoms with Gasteiger partial charge in [0.25, 0.3) is 0 Å². The van der Waals surface area contributed by atoms with Crippen molar-refractivity contribution in [3.63, 3.8) is 0 Å². The molecule has 24 heavy (non-hydrogen) atoms. The number of amides is 1. The molecule has 0 atom stereocenters. The first-order valence-electron chi connectivity index (χ1n) is 7.17. The van der Waals surface area contributed by atoms with E-state index in [2.05, 4.69) is 10.4 Å². The van der Waals surface area contributed by atoms with Gasteiger partial charge in [-0.15, -0.1) is 5.10 Å². The molecule has 0 saturated carbocycles. The first-order valence-corrected chi connectivity index (χ1v) is 7.17. The highest BCUT2D eigenvalue weighted by atomic mass is 19.1. The van der Waals surface area contributed by atoms with Crippen LogP contribution in [0, 0.1) is 11.6 Å². The number of carbonyl (C=O) groups excluding carboxylic acids is 1. The molecule has 2 aromatic carbocycles. The fraction of sp³-hybridized carbons (Fsp3) is 0. The van der Waals surface area contributed by atoms with Gasteiger partial charge in [-0.1, -0.05) is 30.3 Å². The maximum absolute atomic E-state index is 13.7. The Morgan fingerprint density at radius 2 is 1.88 bits per heavy atom. The van der Waals surface area contributed by atoms with Crippen LogP contribution in [0.1, 0.15) is 5.56 Å². The molecule has 3 aromatic rings. The first-order chi connectivity index (χ1) is 11.6. The molecule has 1 N–H and O–H groups in total. The number of hydrogen-bond donors (Lipinski definition) is 1. The van der Waals surface area contributed by atoms with Gasteiger partial charge >= 0.3 is 0 Å². The average molecular weight is 325 g/mol. The van der Waals surface area contributed by atoms with E-state index in [1.807, 2.05) is 30.3 Å². The Kier molecular flexibility index (Phi) is 4.47. The van der Waals surface area contributed by atoms with E-state index in [4.69, 9.17) is 0 Å². The zero-order valence-corrected chi connectivity index (χ0v) is 12.5. The highest BCUT2D eigenvalue weighted by Gasteiger charge is 2.08. The van der Waals surface area contributed by atoms with Crippen LogP contribution in [0.25, 0.3) is 11.8 Å². The summed E-state index contributed by atoms with van der Waals surface area (Å²) in [5.41, 5.74) is 0.989. The standard InChI is InChI=1S/C18H13F2N3O/c19-14-7-8-16(15(20)12-14)23-11-10-17(22-23)21-18(24)9-6-13-4-2-1-3-5-13/h1-12H,(H,21,22,24)/b9-6+. The van der Waals surface area contributed by atoms with Crippen LogP contribution < -0.4 is 5.32 Å². The van der Waals surface area contributed by atoms with Gasteiger partial charge in [-0.05, 0) is 23.8 Å². The lowest BCUT2D eigenvalue weighted by atomic mass is 10.2. The van der Waals surface area contributed by atoms with Crippen molar-refractivity contribution in [3.8, 4) is 5.69 Å². The number of carbonyl (C=O) groups is 1. The number of anilines is 1. The number of halogens is 2. The number of aromatic nitrogens is 2. The molecule has 0 fully saturated rings. The van der Waals surface area contributed by atoms with Gasteiger partial charge in [0, 0.05) is 24.4 Å². The van der Waals surface area contributed by atoms with Gasteiger partial charge in [-0.3, -0.25) is 4.79 Å². The molecule has 0 saturated heterocycles. The lowest BCUT2D eigenvalue weighted by molar-refractivity contribution is -0.111. The Bertz CT molecular complexity index is 888. The Morgan fingerprint density at radius 1 is 1.08 bits per heavy atom. The van der Waals surface area contributed by atoms with Gasteiger partial charge in [0.2, 0.25) is 5.91 Å². The number of nitrogens with one attached hydrogen (secondary N) is 1. The summed E-state index contributed by atoms with van der Waals surface area (Å²) in [4.78, 5) is 11.9. The molecule has 1 amide bonds. The van der Waals surface area contributed by atoms with Crippen molar-refractivity contribution >= 4 is 17.8 Å². The smallest absolute Gasteiger partial charge is 0.249 e. The van der Waals surface area contributed by atoms with Crippen LogP contribution in [0.2, 0.25) is 0 Å². The molecule has 0 spiro atoms. The van der Waals surface area contributed by atoms with Crippen LogP contribution in [0.4, 0.5) is 14.6 Å². The van der Waals surface area contributed by atoms with Crippen LogP contribution >= 0.6 is 0 Å². The third-order valence-electron chi connectivity index (χ3n) is 3.22. The second kappa shape index (κ2) is 6.87. The summed E-state index contributed by atoms with van der Waals surface area (Å²) in [6, 6.07) is 14.1. The van der Waals surface area contributed by atoms with Gasteiger partial charge in [-0.2, -0.15) is 0 Å². The van der Waals surface area contributed by atoms with E-state index < -0.39 is 11.6 Å². The van der Waals surface area contributed by atoms with Crippen molar-refractivity contribution in [2.45, 2.75) is 0 Å². The molecule has 1 aromatic heterocycles. The molecule has 0 bridgehead atoms. The fourth-order valence-electron chi connectivity index (χ4n) is 2.10. The highest BCUT2D eigenvalue weighted by Crippen LogP contribution is 2.15. The maximum Gasteiger partial charge on any atom is 0.249 e. The zero-order valence-electron chi connectivity index (χ0n) is 12.5. The van der Waals surface area contributed by atoms with E-state index in [-0.39, 0.29) is 17.4 Å². The van der Waals surface area contributed by atoms with Crippen LogP contribution in [0.5, 0.6) is 0 Å². The molecule has 1 heterocycles. The largest absolute Gasteiger partial charge is 0.306 e. The first kappa shape index (κ1) is 15.6. The normalized spacial score (nSPS) is 10.9. The van der Waals surface area contributed by atoms with E-state index in [9.17, 15) is 13.6 Å². The van der Waals surface area contributed by atoms with Gasteiger partial charge in [-0.25, -0.2) is 13.5 Å². The summed E-state index contributed by atoms with van der Waals surface area (Å²) in [5, 5.41) is 6.63. The minimum absolute atomic E-state index is 0.0942. The molecule has 4 nitrogen and oxygen atoms in total. The van der Waals surface area contributed by atoms with Gasteiger partial charge in [0.15, 0.2) is 11.6 Å². The third kappa shape index (κ3) is 3.73. The Hall–Kier alpha value is -3.28. The topological polar surface area (TPSA) is 46.9 Å². The number of benzene rings is 2. The van der Waals surface area contributed by atoms with Gasteiger partial charge in [0.05, 0.1) is 0 Å². The Morgan fingerprint density at radius 3 is 2.62 bits per heavy atom. The van der Waals surface area contributed by atoms with Gasteiger partial charge < -0.3 is 5.32 Å². The van der Waals surface area contributed by atoms with E-state index in [0.717, 1.165) is 17.7 Å². The predicted octanol–water partition coefficient (Wildman–Crippen LogP) is 3.80. The summed E-state index contributed by atoms with van der Waals surface area (Å²) >= 11 is 0. The molecular weight excluding hydrogens is 312 g/mol. The summed E-state index contributed by atoms with van der Waals surface area (Å²) in [7, 11) is 0. The van der Waals surface area contributed by atoms with Crippen molar-refractivity contribution in [1.29, 1.82) is 0 Å². The molecule has 0 aliphatic carbocycles. The summed E-state index contributed by atoms with van der Waals surface area (Å²) in [6.45, 7) is 0. The van der Waals surface area contributed by atoms with E-state index in [0.29, 0.717) is 0 Å². The monoisotopic (exact) mass is 325 g/mol. The Balaban J connectivity index is 1.70. The lowest BCUT2D eigenvalue weighted by Gasteiger charge is -2.03. The molecule has 120 valence electrons. The SMILES string of the molecule is O=C(/C=C/c1ccccc1)Nc1ccn(-c2ccc(F)cc2F)n1. The maximum atomic E-state index is 13.7. The molecule has 6 heteroatoms. The quantitative estimate of drug-likeness (QED) is 0.742. The van der Waals surface area contributed by atoms with E-state index in [1.165, 1.54) is 29.1 Å². The molecule has 0 aliphatic rings. The van der Waals surface area contributed by atoms with Gasteiger partial charge in [0.1, 0.15) is 11.5 Å². The number of hydrogen-bond acceptors (Lipinski definition) is 2.